The smallest absolute Gasteiger partial charge is 0.251 e. The normalized spacial score (nSPS) is 19.9. The first-order valence-corrected chi connectivity index (χ1v) is 12.5. The Morgan fingerprint density at radius 1 is 1.03 bits per heavy atom. The fraction of sp³-hybridized carbons (Fsp3) is 0.464. The Balaban J connectivity index is 1.36. The molecule has 174 valence electrons. The Morgan fingerprint density at radius 2 is 1.88 bits per heavy atom. The van der Waals surface area contributed by atoms with Crippen LogP contribution >= 0.6 is 0 Å². The molecule has 1 aromatic heterocycles. The van der Waals surface area contributed by atoms with Crippen LogP contribution in [0.1, 0.15) is 66.6 Å². The van der Waals surface area contributed by atoms with Gasteiger partial charge in [-0.05, 0) is 86.2 Å². The average molecular weight is 446 g/mol. The van der Waals surface area contributed by atoms with Crippen molar-refractivity contribution in [3.63, 3.8) is 0 Å². The SMILES string of the molecule is Cc1cc(C(=O)NC2CCCCC2)cc(-c2ccc3[nH]c(CN4CCC[C@@H]4CO)cc3c2)c1. The topological polar surface area (TPSA) is 68.4 Å². The van der Waals surface area contributed by atoms with Crippen LogP contribution in [0, 0.1) is 6.92 Å². The van der Waals surface area contributed by atoms with Gasteiger partial charge in [0.1, 0.15) is 0 Å². The number of hydrogen-bond donors (Lipinski definition) is 3. The summed E-state index contributed by atoms with van der Waals surface area (Å²) in [6.45, 7) is 4.17. The fourth-order valence-corrected chi connectivity index (χ4v) is 5.58. The number of aliphatic hydroxyl groups is 1. The van der Waals surface area contributed by atoms with Crippen molar-refractivity contribution in [2.75, 3.05) is 13.2 Å². The van der Waals surface area contributed by atoms with E-state index in [9.17, 15) is 9.90 Å². The zero-order valence-electron chi connectivity index (χ0n) is 19.6. The third-order valence-corrected chi connectivity index (χ3v) is 7.37. The third-order valence-electron chi connectivity index (χ3n) is 7.37. The zero-order valence-corrected chi connectivity index (χ0v) is 19.6. The molecule has 5 rings (SSSR count). The number of aromatic nitrogens is 1. The molecule has 0 unspecified atom stereocenters. The standard InChI is InChI=1S/C28H35N3O2/c1-19-12-21(15-23(13-19)28(33)30-24-6-3-2-4-7-24)20-9-10-27-22(14-20)16-25(29-27)17-31-11-5-8-26(31)18-32/h9-10,12-16,24,26,29,32H,2-8,11,17-18H2,1H3,(H,30,33)/t26-/m1/s1. The van der Waals surface area contributed by atoms with Crippen molar-refractivity contribution in [1.82, 2.24) is 15.2 Å². The number of carbonyl (C=O) groups excluding carboxylic acids is 1. The molecule has 0 spiro atoms. The molecule has 2 fully saturated rings. The second kappa shape index (κ2) is 9.70. The summed E-state index contributed by atoms with van der Waals surface area (Å²) in [7, 11) is 0. The van der Waals surface area contributed by atoms with E-state index in [0.29, 0.717) is 6.04 Å². The van der Waals surface area contributed by atoms with Crippen molar-refractivity contribution in [2.24, 2.45) is 0 Å². The molecule has 5 nitrogen and oxygen atoms in total. The van der Waals surface area contributed by atoms with Crippen LogP contribution in [-0.2, 0) is 6.54 Å². The monoisotopic (exact) mass is 445 g/mol. The van der Waals surface area contributed by atoms with Crippen molar-refractivity contribution in [3.8, 4) is 11.1 Å². The molecule has 1 saturated carbocycles. The molecule has 5 heteroatoms. The van der Waals surface area contributed by atoms with Gasteiger partial charge in [-0.1, -0.05) is 31.4 Å². The van der Waals surface area contributed by atoms with Crippen LogP contribution in [0.3, 0.4) is 0 Å². The summed E-state index contributed by atoms with van der Waals surface area (Å²) in [5.41, 5.74) is 6.34. The number of rotatable bonds is 6. The number of fused-ring (bicyclic) bond motifs is 1. The number of H-pyrrole nitrogens is 1. The van der Waals surface area contributed by atoms with Gasteiger partial charge in [-0.15, -0.1) is 0 Å². The van der Waals surface area contributed by atoms with Crippen LogP contribution in [0.15, 0.2) is 42.5 Å². The molecular formula is C28H35N3O2. The van der Waals surface area contributed by atoms with Gasteiger partial charge in [0.2, 0.25) is 0 Å². The summed E-state index contributed by atoms with van der Waals surface area (Å²) in [4.78, 5) is 18.9. The van der Waals surface area contributed by atoms with E-state index in [1.165, 1.54) is 30.3 Å². The number of amides is 1. The number of benzene rings is 2. The highest BCUT2D eigenvalue weighted by molar-refractivity contribution is 5.96. The van der Waals surface area contributed by atoms with Crippen LogP contribution in [0.5, 0.6) is 0 Å². The van der Waals surface area contributed by atoms with Gasteiger partial charge >= 0.3 is 0 Å². The average Bonchev–Trinajstić information content (AvgIpc) is 3.44. The Kier molecular flexibility index (Phi) is 6.52. The minimum Gasteiger partial charge on any atom is -0.395 e. The predicted molar refractivity (Wildman–Crippen MR) is 133 cm³/mol. The van der Waals surface area contributed by atoms with Gasteiger partial charge in [0.25, 0.3) is 5.91 Å². The minimum atomic E-state index is 0.0425. The van der Waals surface area contributed by atoms with Crippen molar-refractivity contribution < 1.29 is 9.90 Å². The highest BCUT2D eigenvalue weighted by atomic mass is 16.3. The van der Waals surface area contributed by atoms with E-state index in [1.807, 2.05) is 12.1 Å². The summed E-state index contributed by atoms with van der Waals surface area (Å²) < 4.78 is 0. The lowest BCUT2D eigenvalue weighted by Crippen LogP contribution is -2.36. The lowest BCUT2D eigenvalue weighted by atomic mass is 9.94. The van der Waals surface area contributed by atoms with Crippen LogP contribution in [0.4, 0.5) is 0 Å². The number of aryl methyl sites for hydroxylation is 1. The zero-order chi connectivity index (χ0) is 22.8. The highest BCUT2D eigenvalue weighted by Gasteiger charge is 2.24. The number of aliphatic hydroxyl groups excluding tert-OH is 1. The van der Waals surface area contributed by atoms with Gasteiger partial charge in [-0.25, -0.2) is 0 Å². The Morgan fingerprint density at radius 3 is 2.70 bits per heavy atom. The summed E-state index contributed by atoms with van der Waals surface area (Å²) >= 11 is 0. The van der Waals surface area contributed by atoms with E-state index in [2.05, 4.69) is 52.5 Å². The van der Waals surface area contributed by atoms with Crippen LogP contribution < -0.4 is 5.32 Å². The Hall–Kier alpha value is -2.63. The molecule has 1 saturated heterocycles. The maximum atomic E-state index is 12.9. The van der Waals surface area contributed by atoms with Crippen molar-refractivity contribution in [3.05, 3.63) is 59.3 Å². The first kappa shape index (κ1) is 22.2. The molecule has 33 heavy (non-hydrogen) atoms. The summed E-state index contributed by atoms with van der Waals surface area (Å²) in [6, 6.07) is 15.4. The lowest BCUT2D eigenvalue weighted by molar-refractivity contribution is 0.0927. The van der Waals surface area contributed by atoms with E-state index in [1.54, 1.807) is 0 Å². The van der Waals surface area contributed by atoms with E-state index in [4.69, 9.17) is 0 Å². The maximum Gasteiger partial charge on any atom is 0.251 e. The summed E-state index contributed by atoms with van der Waals surface area (Å²) in [6.07, 6.45) is 8.11. The highest BCUT2D eigenvalue weighted by Crippen LogP contribution is 2.28. The van der Waals surface area contributed by atoms with Gasteiger partial charge < -0.3 is 15.4 Å². The molecule has 1 aliphatic carbocycles. The third kappa shape index (κ3) is 4.99. The van der Waals surface area contributed by atoms with Crippen molar-refractivity contribution in [1.29, 1.82) is 0 Å². The van der Waals surface area contributed by atoms with Crippen LogP contribution in [0.2, 0.25) is 0 Å². The second-order valence-corrected chi connectivity index (χ2v) is 9.94. The van der Waals surface area contributed by atoms with Crippen LogP contribution in [-0.4, -0.2) is 46.1 Å². The number of aromatic amines is 1. The number of hydrogen-bond acceptors (Lipinski definition) is 3. The van der Waals surface area contributed by atoms with E-state index >= 15 is 0 Å². The van der Waals surface area contributed by atoms with Crippen molar-refractivity contribution >= 4 is 16.8 Å². The number of likely N-dealkylation sites (tertiary alicyclic amines) is 1. The Labute approximate surface area is 196 Å². The van der Waals surface area contributed by atoms with Gasteiger partial charge in [0.15, 0.2) is 0 Å². The van der Waals surface area contributed by atoms with E-state index < -0.39 is 0 Å². The first-order valence-electron chi connectivity index (χ1n) is 12.5. The molecule has 0 radical (unpaired) electrons. The van der Waals surface area contributed by atoms with Gasteiger partial charge in [-0.3, -0.25) is 9.69 Å². The molecular weight excluding hydrogens is 410 g/mol. The van der Waals surface area contributed by atoms with Gasteiger partial charge in [0.05, 0.1) is 6.61 Å². The molecule has 2 heterocycles. The second-order valence-electron chi connectivity index (χ2n) is 9.94. The molecule has 2 aliphatic rings. The molecule has 1 atom stereocenters. The molecule has 0 bridgehead atoms. The van der Waals surface area contributed by atoms with Crippen molar-refractivity contribution in [2.45, 2.75) is 70.5 Å². The van der Waals surface area contributed by atoms with Crippen LogP contribution in [0.25, 0.3) is 22.0 Å². The van der Waals surface area contributed by atoms with Gasteiger partial charge in [-0.2, -0.15) is 0 Å². The quantitative estimate of drug-likeness (QED) is 0.491. The predicted octanol–water partition coefficient (Wildman–Crippen LogP) is 5.16. The number of carbonyl (C=O) groups is 1. The van der Waals surface area contributed by atoms with Gasteiger partial charge in [0, 0.05) is 40.8 Å². The number of nitrogens with one attached hydrogen (secondary N) is 2. The molecule has 1 amide bonds. The largest absolute Gasteiger partial charge is 0.395 e. The lowest BCUT2D eigenvalue weighted by Gasteiger charge is -2.23. The van der Waals surface area contributed by atoms with E-state index in [0.717, 1.165) is 66.5 Å². The maximum absolute atomic E-state index is 12.9. The minimum absolute atomic E-state index is 0.0425. The summed E-state index contributed by atoms with van der Waals surface area (Å²) in [5, 5.41) is 14.0. The fourth-order valence-electron chi connectivity index (χ4n) is 5.58. The molecule has 1 aliphatic heterocycles. The first-order chi connectivity index (χ1) is 16.1. The molecule has 3 N–H and O–H groups in total. The number of nitrogens with zero attached hydrogens (tertiary/aromatic N) is 1. The van der Waals surface area contributed by atoms with E-state index in [-0.39, 0.29) is 18.6 Å². The Bertz CT molecular complexity index is 1130. The summed E-state index contributed by atoms with van der Waals surface area (Å²) in [5.74, 6) is 0.0425. The molecule has 3 aromatic rings. The molecule has 2 aromatic carbocycles.